The first-order valence-corrected chi connectivity index (χ1v) is 10.7. The van der Waals surface area contributed by atoms with Crippen LogP contribution in [0.1, 0.15) is 41.5 Å². The van der Waals surface area contributed by atoms with Crippen LogP contribution >= 0.6 is 22.9 Å². The Morgan fingerprint density at radius 1 is 1.43 bits per heavy atom. The highest BCUT2D eigenvalue weighted by Gasteiger charge is 2.29. The number of carbonyl (C=O) groups is 1. The number of amides is 1. The number of carbonyl (C=O) groups excluding carboxylic acids is 1. The van der Waals surface area contributed by atoms with E-state index in [1.54, 1.807) is 9.58 Å². The normalized spacial score (nSPS) is 16.8. The zero-order valence-corrected chi connectivity index (χ0v) is 17.8. The number of hydrogen-bond donors (Lipinski definition) is 0. The molecule has 1 amide bonds. The number of aryl methyl sites for hydroxylation is 3. The number of rotatable bonds is 5. The molecular weight excluding hydrogens is 396 g/mol. The molecule has 0 N–H and O–H groups in total. The molecule has 28 heavy (non-hydrogen) atoms. The summed E-state index contributed by atoms with van der Waals surface area (Å²) in [5.74, 6) is -0.0965. The van der Waals surface area contributed by atoms with Gasteiger partial charge < -0.3 is 4.74 Å². The number of anilines is 1. The van der Waals surface area contributed by atoms with Crippen molar-refractivity contribution < 1.29 is 9.53 Å². The van der Waals surface area contributed by atoms with Gasteiger partial charge in [-0.1, -0.05) is 22.9 Å². The molecule has 1 saturated heterocycles. The summed E-state index contributed by atoms with van der Waals surface area (Å²) in [5.41, 5.74) is 3.18. The Balaban J connectivity index is 1.77. The first kappa shape index (κ1) is 19.4. The second-order valence-corrected chi connectivity index (χ2v) is 8.47. The van der Waals surface area contributed by atoms with Crippen molar-refractivity contribution in [2.45, 2.75) is 46.3 Å². The van der Waals surface area contributed by atoms with Gasteiger partial charge in [0.15, 0.2) is 5.13 Å². The molecule has 0 aliphatic carbocycles. The summed E-state index contributed by atoms with van der Waals surface area (Å²) in [6, 6.07) is 5.67. The van der Waals surface area contributed by atoms with Crippen LogP contribution < -0.4 is 4.90 Å². The van der Waals surface area contributed by atoms with E-state index in [2.05, 4.69) is 5.10 Å². The molecule has 0 radical (unpaired) electrons. The molecule has 6 nitrogen and oxygen atoms in total. The smallest absolute Gasteiger partial charge is 0.278 e. The van der Waals surface area contributed by atoms with E-state index < -0.39 is 0 Å². The number of aromatic nitrogens is 3. The molecule has 1 fully saturated rings. The Bertz CT molecular complexity index is 1020. The molecule has 3 aromatic rings. The van der Waals surface area contributed by atoms with Crippen LogP contribution in [0, 0.1) is 13.8 Å². The summed E-state index contributed by atoms with van der Waals surface area (Å²) in [6.45, 7) is 7.70. The Hall–Kier alpha value is -1.96. The van der Waals surface area contributed by atoms with E-state index in [1.807, 2.05) is 39.0 Å². The zero-order chi connectivity index (χ0) is 19.8. The summed E-state index contributed by atoms with van der Waals surface area (Å²) in [6.07, 6.45) is 2.00. The van der Waals surface area contributed by atoms with Crippen LogP contribution in [0.15, 0.2) is 18.2 Å². The lowest BCUT2D eigenvalue weighted by Crippen LogP contribution is -2.38. The highest BCUT2D eigenvalue weighted by molar-refractivity contribution is 7.22. The molecule has 1 unspecified atom stereocenters. The zero-order valence-electron chi connectivity index (χ0n) is 16.2. The second kappa shape index (κ2) is 7.81. The lowest BCUT2D eigenvalue weighted by Gasteiger charge is -2.23. The number of thiazole rings is 1. The van der Waals surface area contributed by atoms with Crippen molar-refractivity contribution in [2.24, 2.45) is 0 Å². The molecule has 1 atom stereocenters. The molecule has 8 heteroatoms. The van der Waals surface area contributed by atoms with Crippen molar-refractivity contribution in [3.05, 3.63) is 40.2 Å². The number of fused-ring (bicyclic) bond motifs is 1. The van der Waals surface area contributed by atoms with E-state index >= 15 is 0 Å². The SMILES string of the molecule is CCn1nc(C)cc1C(=O)N(CC1CCCO1)c1nc2c(C)c(Cl)ccc2s1. The van der Waals surface area contributed by atoms with E-state index in [-0.39, 0.29) is 12.0 Å². The molecule has 4 rings (SSSR count). The summed E-state index contributed by atoms with van der Waals surface area (Å²) in [5, 5.41) is 5.78. The highest BCUT2D eigenvalue weighted by atomic mass is 35.5. The number of nitrogens with zero attached hydrogens (tertiary/aromatic N) is 4. The molecular formula is C20H23ClN4O2S. The lowest BCUT2D eigenvalue weighted by atomic mass is 10.2. The predicted molar refractivity (Wildman–Crippen MR) is 113 cm³/mol. The van der Waals surface area contributed by atoms with Gasteiger partial charge >= 0.3 is 0 Å². The number of benzene rings is 1. The van der Waals surface area contributed by atoms with Gasteiger partial charge in [-0.3, -0.25) is 14.4 Å². The van der Waals surface area contributed by atoms with E-state index in [4.69, 9.17) is 21.3 Å². The van der Waals surface area contributed by atoms with Crippen LogP contribution in [-0.2, 0) is 11.3 Å². The van der Waals surface area contributed by atoms with Gasteiger partial charge in [-0.2, -0.15) is 5.10 Å². The van der Waals surface area contributed by atoms with Gasteiger partial charge in [0.25, 0.3) is 5.91 Å². The van der Waals surface area contributed by atoms with Crippen molar-refractivity contribution in [3.8, 4) is 0 Å². The number of hydrogen-bond acceptors (Lipinski definition) is 5. The largest absolute Gasteiger partial charge is 0.376 e. The Kier molecular flexibility index (Phi) is 5.40. The van der Waals surface area contributed by atoms with Crippen LogP contribution in [0.2, 0.25) is 5.02 Å². The third kappa shape index (κ3) is 3.54. The van der Waals surface area contributed by atoms with Gasteiger partial charge in [-0.15, -0.1) is 0 Å². The maximum absolute atomic E-state index is 13.5. The average molecular weight is 419 g/mol. The first-order chi connectivity index (χ1) is 13.5. The molecule has 0 saturated carbocycles. The first-order valence-electron chi connectivity index (χ1n) is 9.51. The van der Waals surface area contributed by atoms with Gasteiger partial charge in [0.2, 0.25) is 0 Å². The minimum Gasteiger partial charge on any atom is -0.376 e. The molecule has 1 aliphatic rings. The number of ether oxygens (including phenoxy) is 1. The summed E-state index contributed by atoms with van der Waals surface area (Å²) >= 11 is 7.77. The quantitative estimate of drug-likeness (QED) is 0.607. The fourth-order valence-corrected chi connectivity index (χ4v) is 4.73. The van der Waals surface area contributed by atoms with E-state index in [0.29, 0.717) is 28.9 Å². The Morgan fingerprint density at radius 3 is 2.96 bits per heavy atom. The second-order valence-electron chi connectivity index (χ2n) is 7.05. The van der Waals surface area contributed by atoms with Crippen molar-refractivity contribution in [3.63, 3.8) is 0 Å². The summed E-state index contributed by atoms with van der Waals surface area (Å²) < 4.78 is 8.57. The highest BCUT2D eigenvalue weighted by Crippen LogP contribution is 2.34. The fraction of sp³-hybridized carbons (Fsp3) is 0.450. The van der Waals surface area contributed by atoms with Crippen LogP contribution in [0.25, 0.3) is 10.2 Å². The van der Waals surface area contributed by atoms with Crippen LogP contribution in [0.4, 0.5) is 5.13 Å². The van der Waals surface area contributed by atoms with Gasteiger partial charge in [-0.05, 0) is 57.4 Å². The standard InChI is InChI=1S/C20H23ClN4O2S/c1-4-25-16(10-12(2)23-25)19(26)24(11-14-6-5-9-27-14)20-22-18-13(3)15(21)7-8-17(18)28-20/h7-8,10,14H,4-6,9,11H2,1-3H3. The predicted octanol–water partition coefficient (Wildman–Crippen LogP) is 4.61. The molecule has 2 aromatic heterocycles. The van der Waals surface area contributed by atoms with E-state index in [1.165, 1.54) is 11.3 Å². The molecule has 1 aromatic carbocycles. The molecule has 0 bridgehead atoms. The lowest BCUT2D eigenvalue weighted by molar-refractivity contribution is 0.0908. The van der Waals surface area contributed by atoms with Crippen LogP contribution in [0.5, 0.6) is 0 Å². The minimum absolute atomic E-state index is 0.0275. The van der Waals surface area contributed by atoms with E-state index in [9.17, 15) is 4.79 Å². The molecule has 1 aliphatic heterocycles. The summed E-state index contributed by atoms with van der Waals surface area (Å²) in [4.78, 5) is 20.0. The fourth-order valence-electron chi connectivity index (χ4n) is 3.54. The number of halogens is 1. The molecule has 3 heterocycles. The Labute approximate surface area is 173 Å². The average Bonchev–Trinajstić information content (AvgIpc) is 3.41. The minimum atomic E-state index is -0.0965. The maximum Gasteiger partial charge on any atom is 0.278 e. The maximum atomic E-state index is 13.5. The molecule has 0 spiro atoms. The Morgan fingerprint density at radius 2 is 2.25 bits per heavy atom. The summed E-state index contributed by atoms with van der Waals surface area (Å²) in [7, 11) is 0. The van der Waals surface area contributed by atoms with E-state index in [0.717, 1.165) is 40.9 Å². The third-order valence-corrected chi connectivity index (χ3v) is 6.50. The van der Waals surface area contributed by atoms with Gasteiger partial charge in [0, 0.05) is 18.2 Å². The molecule has 148 valence electrons. The topological polar surface area (TPSA) is 60.2 Å². The monoisotopic (exact) mass is 418 g/mol. The van der Waals surface area contributed by atoms with Crippen LogP contribution in [-0.4, -0.2) is 39.9 Å². The van der Waals surface area contributed by atoms with Gasteiger partial charge in [-0.25, -0.2) is 4.98 Å². The van der Waals surface area contributed by atoms with Gasteiger partial charge in [0.05, 0.1) is 28.6 Å². The third-order valence-electron chi connectivity index (χ3n) is 5.04. The van der Waals surface area contributed by atoms with Crippen molar-refractivity contribution in [2.75, 3.05) is 18.1 Å². The van der Waals surface area contributed by atoms with Gasteiger partial charge in [0.1, 0.15) is 5.69 Å². The van der Waals surface area contributed by atoms with Crippen LogP contribution in [0.3, 0.4) is 0 Å². The van der Waals surface area contributed by atoms with Crippen molar-refractivity contribution in [1.82, 2.24) is 14.8 Å². The van der Waals surface area contributed by atoms with Crippen molar-refractivity contribution >= 4 is 44.2 Å². The van der Waals surface area contributed by atoms with Crippen molar-refractivity contribution in [1.29, 1.82) is 0 Å².